The fourth-order valence-electron chi connectivity index (χ4n) is 4.10. The molecule has 1 aliphatic heterocycles. The van der Waals surface area contributed by atoms with Crippen LogP contribution in [0.5, 0.6) is 17.2 Å². The molecule has 0 radical (unpaired) electrons. The van der Waals surface area contributed by atoms with Gasteiger partial charge in [-0.15, -0.1) is 0 Å². The molecule has 3 aromatic rings. The Kier molecular flexibility index (Phi) is 7.01. The quantitative estimate of drug-likeness (QED) is 0.603. The number of para-hydroxylation sites is 1. The maximum Gasteiger partial charge on any atom is 0.127 e. The van der Waals surface area contributed by atoms with E-state index >= 15 is 0 Å². The van der Waals surface area contributed by atoms with Gasteiger partial charge in [0, 0.05) is 11.1 Å². The number of nitrogens with one attached hydrogen (secondary N) is 2. The van der Waals surface area contributed by atoms with Gasteiger partial charge in [-0.25, -0.2) is 0 Å². The number of piperazine rings is 1. The van der Waals surface area contributed by atoms with Crippen molar-refractivity contribution >= 4 is 0 Å². The lowest BCUT2D eigenvalue weighted by Gasteiger charge is -2.30. The fourth-order valence-corrected chi connectivity index (χ4v) is 4.10. The van der Waals surface area contributed by atoms with Gasteiger partial charge in [0.1, 0.15) is 56.5 Å². The molecular formula is C26H32N2O2+2. The highest BCUT2D eigenvalue weighted by Gasteiger charge is 2.23. The third-order valence-corrected chi connectivity index (χ3v) is 5.68. The van der Waals surface area contributed by atoms with Crippen molar-refractivity contribution in [2.24, 2.45) is 0 Å². The first-order chi connectivity index (χ1) is 14.8. The summed E-state index contributed by atoms with van der Waals surface area (Å²) >= 11 is 0. The molecule has 0 aliphatic carbocycles. The predicted octanol–water partition coefficient (Wildman–Crippen LogP) is 2.36. The smallest absolute Gasteiger partial charge is 0.127 e. The van der Waals surface area contributed by atoms with E-state index < -0.39 is 0 Å². The van der Waals surface area contributed by atoms with Gasteiger partial charge < -0.3 is 19.3 Å². The zero-order valence-corrected chi connectivity index (χ0v) is 17.8. The van der Waals surface area contributed by atoms with Crippen LogP contribution in [0.2, 0.25) is 0 Å². The molecule has 0 atom stereocenters. The normalized spacial score (nSPS) is 18.7. The van der Waals surface area contributed by atoms with Crippen LogP contribution in [0, 0.1) is 0 Å². The highest BCUT2D eigenvalue weighted by Crippen LogP contribution is 2.21. The molecule has 1 aliphatic rings. The van der Waals surface area contributed by atoms with E-state index in [0.717, 1.165) is 36.9 Å². The lowest BCUT2D eigenvalue weighted by atomic mass is 10.1. The summed E-state index contributed by atoms with van der Waals surface area (Å²) in [5, 5.41) is 0. The maximum absolute atomic E-state index is 5.99. The zero-order chi connectivity index (χ0) is 20.6. The van der Waals surface area contributed by atoms with E-state index in [2.05, 4.69) is 42.5 Å². The number of rotatable bonds is 8. The van der Waals surface area contributed by atoms with Crippen LogP contribution in [0.1, 0.15) is 18.1 Å². The molecular weight excluding hydrogens is 372 g/mol. The molecule has 30 heavy (non-hydrogen) atoms. The van der Waals surface area contributed by atoms with Gasteiger partial charge in [0.05, 0.1) is 6.61 Å². The Morgan fingerprint density at radius 3 is 1.93 bits per heavy atom. The molecule has 0 bridgehead atoms. The summed E-state index contributed by atoms with van der Waals surface area (Å²) in [6, 6.07) is 27.1. The number of quaternary nitrogens is 2. The van der Waals surface area contributed by atoms with Gasteiger partial charge in [-0.2, -0.15) is 0 Å². The fraction of sp³-hybridized carbons (Fsp3) is 0.308. The van der Waals surface area contributed by atoms with E-state index in [0.29, 0.717) is 0 Å². The molecule has 1 heterocycles. The second-order valence-corrected chi connectivity index (χ2v) is 7.99. The van der Waals surface area contributed by atoms with Crippen LogP contribution in [0.25, 0.3) is 0 Å². The van der Waals surface area contributed by atoms with E-state index in [4.69, 9.17) is 9.47 Å². The van der Waals surface area contributed by atoms with E-state index in [1.54, 1.807) is 9.80 Å². The summed E-state index contributed by atoms with van der Waals surface area (Å²) < 4.78 is 11.5. The Balaban J connectivity index is 1.26. The lowest BCUT2D eigenvalue weighted by Crippen LogP contribution is -3.27. The summed E-state index contributed by atoms with van der Waals surface area (Å²) in [7, 11) is 0. The molecule has 1 fully saturated rings. The SMILES string of the molecule is CCOc1ccc(C[NH+]2CC[NH+](Cc3cccc(Oc4ccccc4)c3)CC2)cc1. The minimum Gasteiger partial charge on any atom is -0.494 e. The summed E-state index contributed by atoms with van der Waals surface area (Å²) in [6.45, 7) is 9.73. The van der Waals surface area contributed by atoms with E-state index in [1.165, 1.54) is 37.3 Å². The Hall–Kier alpha value is -2.82. The van der Waals surface area contributed by atoms with Crippen molar-refractivity contribution in [2.45, 2.75) is 20.0 Å². The highest BCUT2D eigenvalue weighted by atomic mass is 16.5. The average Bonchev–Trinajstić information content (AvgIpc) is 2.78. The Bertz CT molecular complexity index is 904. The average molecular weight is 405 g/mol. The van der Waals surface area contributed by atoms with Crippen molar-refractivity contribution in [2.75, 3.05) is 32.8 Å². The summed E-state index contributed by atoms with van der Waals surface area (Å²) in [4.78, 5) is 3.33. The van der Waals surface area contributed by atoms with Crippen molar-refractivity contribution in [3.05, 3.63) is 90.0 Å². The molecule has 1 saturated heterocycles. The number of benzene rings is 3. The predicted molar refractivity (Wildman–Crippen MR) is 119 cm³/mol. The second-order valence-electron chi connectivity index (χ2n) is 7.99. The van der Waals surface area contributed by atoms with Crippen molar-refractivity contribution in [1.29, 1.82) is 0 Å². The first-order valence-electron chi connectivity index (χ1n) is 11.0. The Morgan fingerprint density at radius 1 is 0.633 bits per heavy atom. The van der Waals surface area contributed by atoms with E-state index in [9.17, 15) is 0 Å². The third kappa shape index (κ3) is 5.85. The van der Waals surface area contributed by atoms with Crippen LogP contribution in [0.4, 0.5) is 0 Å². The first-order valence-corrected chi connectivity index (χ1v) is 11.0. The maximum atomic E-state index is 5.99. The number of hydrogen-bond acceptors (Lipinski definition) is 2. The molecule has 4 heteroatoms. The lowest BCUT2D eigenvalue weighted by molar-refractivity contribution is -1.02. The topological polar surface area (TPSA) is 27.3 Å². The summed E-state index contributed by atoms with van der Waals surface area (Å²) in [6.07, 6.45) is 0. The first kappa shape index (κ1) is 20.5. The Morgan fingerprint density at radius 2 is 1.27 bits per heavy atom. The second kappa shape index (κ2) is 10.3. The van der Waals surface area contributed by atoms with Crippen molar-refractivity contribution < 1.29 is 19.3 Å². The minimum atomic E-state index is 0.719. The molecule has 2 N–H and O–H groups in total. The van der Waals surface area contributed by atoms with Crippen molar-refractivity contribution in [3.8, 4) is 17.2 Å². The molecule has 0 aromatic heterocycles. The van der Waals surface area contributed by atoms with Gasteiger partial charge in [-0.1, -0.05) is 30.3 Å². The van der Waals surface area contributed by atoms with Crippen LogP contribution >= 0.6 is 0 Å². The molecule has 0 unspecified atom stereocenters. The van der Waals surface area contributed by atoms with Crippen LogP contribution in [0.15, 0.2) is 78.9 Å². The van der Waals surface area contributed by atoms with Gasteiger partial charge in [-0.05, 0) is 55.5 Å². The van der Waals surface area contributed by atoms with Crippen LogP contribution in [-0.2, 0) is 13.1 Å². The number of ether oxygens (including phenoxy) is 2. The van der Waals surface area contributed by atoms with Gasteiger partial charge in [-0.3, -0.25) is 0 Å². The van der Waals surface area contributed by atoms with Crippen LogP contribution < -0.4 is 19.3 Å². The number of hydrogen-bond donors (Lipinski definition) is 2. The molecule has 4 rings (SSSR count). The van der Waals surface area contributed by atoms with E-state index in [1.807, 2.05) is 43.3 Å². The van der Waals surface area contributed by atoms with Gasteiger partial charge >= 0.3 is 0 Å². The highest BCUT2D eigenvalue weighted by molar-refractivity contribution is 5.33. The van der Waals surface area contributed by atoms with E-state index in [-0.39, 0.29) is 0 Å². The standard InChI is InChI=1S/C26H30N2O2/c1-2-29-24-13-11-22(12-14-24)20-27-15-17-28(18-16-27)21-23-7-6-10-26(19-23)30-25-8-4-3-5-9-25/h3-14,19H,2,15-18,20-21H2,1H3/p+2. The van der Waals surface area contributed by atoms with Gasteiger partial charge in [0.15, 0.2) is 0 Å². The Labute approximate surface area is 179 Å². The monoisotopic (exact) mass is 404 g/mol. The molecule has 4 nitrogen and oxygen atoms in total. The molecule has 0 saturated carbocycles. The van der Waals surface area contributed by atoms with Gasteiger partial charge in [0.2, 0.25) is 0 Å². The van der Waals surface area contributed by atoms with Crippen molar-refractivity contribution in [1.82, 2.24) is 0 Å². The largest absolute Gasteiger partial charge is 0.494 e. The molecule has 156 valence electrons. The molecule has 0 amide bonds. The minimum absolute atomic E-state index is 0.719. The third-order valence-electron chi connectivity index (χ3n) is 5.68. The van der Waals surface area contributed by atoms with Crippen LogP contribution in [0.3, 0.4) is 0 Å². The summed E-state index contributed by atoms with van der Waals surface area (Å²) in [5.74, 6) is 2.76. The summed E-state index contributed by atoms with van der Waals surface area (Å²) in [5.41, 5.74) is 2.73. The van der Waals surface area contributed by atoms with Gasteiger partial charge in [0.25, 0.3) is 0 Å². The van der Waals surface area contributed by atoms with Crippen LogP contribution in [-0.4, -0.2) is 32.8 Å². The zero-order valence-electron chi connectivity index (χ0n) is 17.8. The van der Waals surface area contributed by atoms with Crippen molar-refractivity contribution in [3.63, 3.8) is 0 Å². The molecule has 0 spiro atoms. The molecule has 3 aromatic carbocycles.